The van der Waals surface area contributed by atoms with Crippen LogP contribution in [0.1, 0.15) is 11.1 Å². The van der Waals surface area contributed by atoms with E-state index in [1.807, 2.05) is 24.3 Å². The van der Waals surface area contributed by atoms with Gasteiger partial charge in [-0.15, -0.1) is 0 Å². The maximum Gasteiger partial charge on any atom is 0.230 e. The third-order valence-corrected chi connectivity index (χ3v) is 2.39. The van der Waals surface area contributed by atoms with E-state index in [4.69, 9.17) is 4.74 Å². The van der Waals surface area contributed by atoms with E-state index in [0.29, 0.717) is 13.0 Å². The van der Waals surface area contributed by atoms with Gasteiger partial charge in [-0.25, -0.2) is 0 Å². The molecule has 4 nitrogen and oxygen atoms in total. The van der Waals surface area contributed by atoms with Gasteiger partial charge in [0.2, 0.25) is 6.54 Å². The molecule has 0 fully saturated rings. The average Bonchev–Trinajstić information content (AvgIpc) is 2.17. The van der Waals surface area contributed by atoms with Crippen molar-refractivity contribution in [1.82, 2.24) is 0 Å². The predicted octanol–water partition coefficient (Wildman–Crippen LogP) is 1.40. The summed E-state index contributed by atoms with van der Waals surface area (Å²) in [6.45, 7) is 0.392. The van der Waals surface area contributed by atoms with Gasteiger partial charge in [-0.2, -0.15) is 0 Å². The Morgan fingerprint density at radius 2 is 2.14 bits per heavy atom. The molecule has 1 heterocycles. The van der Waals surface area contributed by atoms with E-state index in [1.54, 1.807) is 0 Å². The fraction of sp³-hybridized carbons (Fsp3) is 0.400. The van der Waals surface area contributed by atoms with Gasteiger partial charge in [-0.05, 0) is 11.1 Å². The van der Waals surface area contributed by atoms with Crippen molar-refractivity contribution < 1.29 is 9.66 Å². The molecule has 1 aliphatic heterocycles. The number of nitro groups is 1. The molecule has 1 aliphatic rings. The van der Waals surface area contributed by atoms with Gasteiger partial charge in [-0.3, -0.25) is 10.1 Å². The molecule has 2 rings (SSSR count). The van der Waals surface area contributed by atoms with Crippen LogP contribution in [0.4, 0.5) is 0 Å². The van der Waals surface area contributed by atoms with Crippen molar-refractivity contribution in [2.24, 2.45) is 0 Å². The molecule has 0 N–H and O–H groups in total. The Kier molecular flexibility index (Phi) is 2.45. The fourth-order valence-electron chi connectivity index (χ4n) is 1.69. The molecule has 0 aromatic heterocycles. The highest BCUT2D eigenvalue weighted by Gasteiger charge is 2.22. The maximum absolute atomic E-state index is 10.3. The van der Waals surface area contributed by atoms with E-state index in [0.717, 1.165) is 5.56 Å². The summed E-state index contributed by atoms with van der Waals surface area (Å²) in [5, 5.41) is 10.3. The molecule has 1 atom stereocenters. The summed E-state index contributed by atoms with van der Waals surface area (Å²) in [4.78, 5) is 9.98. The first-order chi connectivity index (χ1) is 6.75. The topological polar surface area (TPSA) is 52.4 Å². The van der Waals surface area contributed by atoms with Gasteiger partial charge in [-0.1, -0.05) is 24.3 Å². The molecule has 0 bridgehead atoms. The molecule has 4 heteroatoms. The monoisotopic (exact) mass is 193 g/mol. The van der Waals surface area contributed by atoms with Crippen LogP contribution in [0.2, 0.25) is 0 Å². The zero-order chi connectivity index (χ0) is 9.97. The summed E-state index contributed by atoms with van der Waals surface area (Å²) in [5.41, 5.74) is 2.32. The van der Waals surface area contributed by atoms with Gasteiger partial charge in [0.25, 0.3) is 0 Å². The molecule has 1 unspecified atom stereocenters. The smallest absolute Gasteiger partial charge is 0.230 e. The fourth-order valence-corrected chi connectivity index (χ4v) is 1.69. The second-order valence-corrected chi connectivity index (χ2v) is 3.42. The van der Waals surface area contributed by atoms with Crippen LogP contribution in [0.3, 0.4) is 0 Å². The molecular formula is C10H11NO3. The lowest BCUT2D eigenvalue weighted by Gasteiger charge is -2.22. The summed E-state index contributed by atoms with van der Waals surface area (Å²) in [6.07, 6.45) is 0.386. The van der Waals surface area contributed by atoms with Gasteiger partial charge in [0.05, 0.1) is 6.61 Å². The first-order valence-corrected chi connectivity index (χ1v) is 4.56. The van der Waals surface area contributed by atoms with Gasteiger partial charge >= 0.3 is 0 Å². The van der Waals surface area contributed by atoms with Crippen molar-refractivity contribution >= 4 is 0 Å². The van der Waals surface area contributed by atoms with Gasteiger partial charge < -0.3 is 4.74 Å². The lowest BCUT2D eigenvalue weighted by Crippen LogP contribution is -2.29. The largest absolute Gasteiger partial charge is 0.366 e. The van der Waals surface area contributed by atoms with E-state index >= 15 is 0 Å². The zero-order valence-corrected chi connectivity index (χ0v) is 7.68. The van der Waals surface area contributed by atoms with Crippen LogP contribution < -0.4 is 0 Å². The molecule has 1 aromatic rings. The number of benzene rings is 1. The van der Waals surface area contributed by atoms with Crippen molar-refractivity contribution in [3.05, 3.63) is 45.5 Å². The van der Waals surface area contributed by atoms with Gasteiger partial charge in [0.15, 0.2) is 0 Å². The lowest BCUT2D eigenvalue weighted by molar-refractivity contribution is -0.492. The van der Waals surface area contributed by atoms with Crippen LogP contribution in [0, 0.1) is 10.1 Å². The normalized spacial score (nSPS) is 20.1. The van der Waals surface area contributed by atoms with Crippen LogP contribution in [-0.4, -0.2) is 17.6 Å². The van der Waals surface area contributed by atoms with E-state index in [9.17, 15) is 10.1 Å². The summed E-state index contributed by atoms with van der Waals surface area (Å²) in [6, 6.07) is 7.91. The number of rotatable bonds is 2. The second kappa shape index (κ2) is 3.75. The first kappa shape index (κ1) is 9.15. The minimum atomic E-state index is -0.321. The lowest BCUT2D eigenvalue weighted by atomic mass is 9.99. The highest BCUT2D eigenvalue weighted by Crippen LogP contribution is 2.20. The molecule has 0 radical (unpaired) electrons. The van der Waals surface area contributed by atoms with Crippen LogP contribution in [0.25, 0.3) is 0 Å². The molecule has 1 aromatic carbocycles. The minimum Gasteiger partial charge on any atom is -0.366 e. The first-order valence-electron chi connectivity index (χ1n) is 4.56. The van der Waals surface area contributed by atoms with E-state index < -0.39 is 0 Å². The van der Waals surface area contributed by atoms with Crippen molar-refractivity contribution in [3.8, 4) is 0 Å². The Morgan fingerprint density at radius 1 is 1.43 bits per heavy atom. The van der Waals surface area contributed by atoms with Crippen LogP contribution >= 0.6 is 0 Å². The number of nitrogens with zero attached hydrogens (tertiary/aromatic N) is 1. The van der Waals surface area contributed by atoms with Crippen LogP contribution in [0.5, 0.6) is 0 Å². The average molecular weight is 193 g/mol. The SMILES string of the molecule is O=[N+]([O-])CC1Cc2ccccc2CO1. The Bertz CT molecular complexity index is 351. The Balaban J connectivity index is 2.09. The summed E-state index contributed by atoms with van der Waals surface area (Å²) >= 11 is 0. The molecule has 0 saturated carbocycles. The van der Waals surface area contributed by atoms with Gasteiger partial charge in [0.1, 0.15) is 6.10 Å². The Hall–Kier alpha value is -1.42. The summed E-state index contributed by atoms with van der Waals surface area (Å²) in [7, 11) is 0. The van der Waals surface area contributed by atoms with Crippen LogP contribution in [0.15, 0.2) is 24.3 Å². The van der Waals surface area contributed by atoms with Gasteiger partial charge in [0, 0.05) is 11.3 Å². The molecule has 14 heavy (non-hydrogen) atoms. The van der Waals surface area contributed by atoms with Crippen molar-refractivity contribution in [2.45, 2.75) is 19.1 Å². The van der Waals surface area contributed by atoms with E-state index in [2.05, 4.69) is 0 Å². The van der Waals surface area contributed by atoms with Crippen molar-refractivity contribution in [1.29, 1.82) is 0 Å². The zero-order valence-electron chi connectivity index (χ0n) is 7.68. The molecule has 0 amide bonds. The number of ether oxygens (including phenoxy) is 1. The molecule has 0 aliphatic carbocycles. The number of fused-ring (bicyclic) bond motifs is 1. The highest BCUT2D eigenvalue weighted by atomic mass is 16.6. The minimum absolute atomic E-state index is 0.103. The van der Waals surface area contributed by atoms with E-state index in [-0.39, 0.29) is 17.6 Å². The molecule has 0 saturated heterocycles. The number of hydrogen-bond donors (Lipinski definition) is 0. The Morgan fingerprint density at radius 3 is 2.86 bits per heavy atom. The quantitative estimate of drug-likeness (QED) is 0.527. The summed E-state index contributed by atoms with van der Waals surface area (Å²) in [5.74, 6) is 0. The molecule has 74 valence electrons. The third-order valence-electron chi connectivity index (χ3n) is 2.39. The molecule has 0 spiro atoms. The van der Waals surface area contributed by atoms with Crippen molar-refractivity contribution in [2.75, 3.05) is 6.54 Å². The highest BCUT2D eigenvalue weighted by molar-refractivity contribution is 5.28. The van der Waals surface area contributed by atoms with Crippen LogP contribution in [-0.2, 0) is 17.8 Å². The Labute approximate surface area is 81.7 Å². The van der Waals surface area contributed by atoms with Crippen molar-refractivity contribution in [3.63, 3.8) is 0 Å². The second-order valence-electron chi connectivity index (χ2n) is 3.42. The third kappa shape index (κ3) is 1.90. The number of hydrogen-bond acceptors (Lipinski definition) is 3. The predicted molar refractivity (Wildman–Crippen MR) is 50.6 cm³/mol. The van der Waals surface area contributed by atoms with E-state index in [1.165, 1.54) is 5.56 Å². The maximum atomic E-state index is 10.3. The summed E-state index contributed by atoms with van der Waals surface area (Å²) < 4.78 is 5.37. The standard InChI is InChI=1S/C10H11NO3/c12-11(13)6-10-5-8-3-1-2-4-9(8)7-14-10/h1-4,10H,5-7H2. The molecular weight excluding hydrogens is 182 g/mol.